The van der Waals surface area contributed by atoms with Gasteiger partial charge in [0, 0.05) is 44.0 Å². The molecule has 0 saturated carbocycles. The van der Waals surface area contributed by atoms with Crippen molar-refractivity contribution in [3.05, 3.63) is 206 Å². The molecule has 0 aliphatic heterocycles. The third-order valence-corrected chi connectivity index (χ3v) is 11.0. The second kappa shape index (κ2) is 12.6. The molecular weight excluding hydrogens is 669 g/mol. The molecule has 0 radical (unpaired) electrons. The summed E-state index contributed by atoms with van der Waals surface area (Å²) in [6.45, 7) is 0. The molecule has 0 unspecified atom stereocenters. The molecule has 11 rings (SSSR count). The van der Waals surface area contributed by atoms with Crippen molar-refractivity contribution in [1.82, 2.24) is 4.57 Å². The zero-order chi connectivity index (χ0) is 36.3. The summed E-state index contributed by atoms with van der Waals surface area (Å²) in [6.07, 6.45) is 0. The van der Waals surface area contributed by atoms with Crippen LogP contribution < -0.4 is 4.90 Å². The molecule has 0 fully saturated rings. The minimum Gasteiger partial charge on any atom is -0.455 e. The van der Waals surface area contributed by atoms with E-state index in [-0.39, 0.29) is 0 Å². The first-order valence-electron chi connectivity index (χ1n) is 18.8. The zero-order valence-electron chi connectivity index (χ0n) is 29.9. The van der Waals surface area contributed by atoms with Gasteiger partial charge in [0.15, 0.2) is 0 Å². The Hall–Kier alpha value is -7.36. The lowest BCUT2D eigenvalue weighted by molar-refractivity contribution is 0.670. The number of benzene rings is 9. The number of anilines is 3. The zero-order valence-corrected chi connectivity index (χ0v) is 29.9. The molecule has 0 spiro atoms. The van der Waals surface area contributed by atoms with Crippen molar-refractivity contribution < 1.29 is 4.42 Å². The first-order chi connectivity index (χ1) is 27.3. The molecule has 0 atom stereocenters. The Kier molecular flexibility index (Phi) is 7.17. The number of hydrogen-bond acceptors (Lipinski definition) is 2. The van der Waals surface area contributed by atoms with Gasteiger partial charge in [0.25, 0.3) is 0 Å². The second-order valence-corrected chi connectivity index (χ2v) is 14.1. The van der Waals surface area contributed by atoms with Gasteiger partial charge < -0.3 is 13.9 Å². The maximum atomic E-state index is 6.65. The van der Waals surface area contributed by atoms with E-state index in [1.54, 1.807) is 0 Å². The monoisotopic (exact) mass is 702 g/mol. The van der Waals surface area contributed by atoms with Crippen molar-refractivity contribution >= 4 is 71.6 Å². The first-order valence-corrected chi connectivity index (χ1v) is 18.8. The fourth-order valence-corrected chi connectivity index (χ4v) is 8.47. The maximum Gasteiger partial charge on any atom is 0.143 e. The van der Waals surface area contributed by atoms with Gasteiger partial charge in [0.1, 0.15) is 11.2 Å². The molecule has 0 bridgehead atoms. The summed E-state index contributed by atoms with van der Waals surface area (Å²) in [7, 11) is 0. The van der Waals surface area contributed by atoms with Crippen LogP contribution >= 0.6 is 0 Å². The van der Waals surface area contributed by atoms with Gasteiger partial charge in [-0.05, 0) is 76.5 Å². The van der Waals surface area contributed by atoms with Gasteiger partial charge in [0.2, 0.25) is 0 Å². The number of nitrogens with zero attached hydrogens (tertiary/aromatic N) is 2. The molecule has 2 aromatic heterocycles. The molecule has 2 heterocycles. The molecule has 0 aliphatic carbocycles. The van der Waals surface area contributed by atoms with Gasteiger partial charge in [-0.1, -0.05) is 152 Å². The van der Waals surface area contributed by atoms with E-state index in [1.165, 1.54) is 32.6 Å². The van der Waals surface area contributed by atoms with Gasteiger partial charge in [-0.2, -0.15) is 0 Å². The van der Waals surface area contributed by atoms with E-state index in [1.807, 2.05) is 0 Å². The Morgan fingerprint density at radius 1 is 0.400 bits per heavy atom. The molecule has 3 heteroatoms. The van der Waals surface area contributed by atoms with E-state index in [0.29, 0.717) is 0 Å². The number of furan rings is 1. The normalized spacial score (nSPS) is 11.6. The van der Waals surface area contributed by atoms with Crippen molar-refractivity contribution in [2.24, 2.45) is 0 Å². The summed E-state index contributed by atoms with van der Waals surface area (Å²) >= 11 is 0. The maximum absolute atomic E-state index is 6.65. The standard InChI is InChI=1S/C52H34N2O/c1-3-15-35(16-4-1)41-21-9-11-26-47(41)53(49-28-14-24-44-43-22-10-12-27-48(43)54(51(44)49)39-19-5-2-6-20-39)40-31-29-36(30-32-40)42-23-13-25-45-46-33-37-17-7-8-18-38(37)34-50(46)55-52(42)45/h1-34H. The van der Waals surface area contributed by atoms with Crippen LogP contribution in [0.2, 0.25) is 0 Å². The molecule has 0 aliphatic rings. The summed E-state index contributed by atoms with van der Waals surface area (Å²) in [5, 5.41) is 7.09. The molecule has 0 saturated heterocycles. The summed E-state index contributed by atoms with van der Waals surface area (Å²) in [4.78, 5) is 2.43. The minimum atomic E-state index is 0.906. The summed E-state index contributed by atoms with van der Waals surface area (Å²) in [5.74, 6) is 0. The van der Waals surface area contributed by atoms with E-state index < -0.39 is 0 Å². The molecular formula is C52H34N2O. The average molecular weight is 703 g/mol. The highest BCUT2D eigenvalue weighted by molar-refractivity contribution is 6.15. The van der Waals surface area contributed by atoms with Crippen molar-refractivity contribution in [3.63, 3.8) is 0 Å². The summed E-state index contributed by atoms with van der Waals surface area (Å²) in [5.41, 5.74) is 13.0. The Bertz CT molecular complexity index is 3190. The highest BCUT2D eigenvalue weighted by Gasteiger charge is 2.23. The van der Waals surface area contributed by atoms with E-state index in [0.717, 1.165) is 66.9 Å². The van der Waals surface area contributed by atoms with Crippen LogP contribution in [0.25, 0.3) is 82.5 Å². The van der Waals surface area contributed by atoms with Crippen molar-refractivity contribution in [2.45, 2.75) is 0 Å². The lowest BCUT2D eigenvalue weighted by Gasteiger charge is -2.29. The van der Waals surface area contributed by atoms with Crippen LogP contribution in [-0.2, 0) is 0 Å². The fraction of sp³-hybridized carbons (Fsp3) is 0. The highest BCUT2D eigenvalue weighted by atomic mass is 16.3. The van der Waals surface area contributed by atoms with E-state index in [4.69, 9.17) is 4.42 Å². The molecule has 0 N–H and O–H groups in total. The molecule has 3 nitrogen and oxygen atoms in total. The largest absolute Gasteiger partial charge is 0.455 e. The predicted molar refractivity (Wildman–Crippen MR) is 231 cm³/mol. The minimum absolute atomic E-state index is 0.906. The highest BCUT2D eigenvalue weighted by Crippen LogP contribution is 2.47. The van der Waals surface area contributed by atoms with Crippen molar-refractivity contribution in [1.29, 1.82) is 0 Å². The SMILES string of the molecule is c1ccc(-c2ccccc2N(c2ccc(-c3cccc4c3oc3cc5ccccc5cc34)cc2)c2cccc3c4ccccc4n(-c4ccccc4)c23)cc1. The van der Waals surface area contributed by atoms with Crippen molar-refractivity contribution in [2.75, 3.05) is 4.90 Å². The van der Waals surface area contributed by atoms with Gasteiger partial charge in [-0.15, -0.1) is 0 Å². The quantitative estimate of drug-likeness (QED) is 0.172. The van der Waals surface area contributed by atoms with Gasteiger partial charge in [-0.25, -0.2) is 0 Å². The van der Waals surface area contributed by atoms with Crippen LogP contribution in [0.15, 0.2) is 211 Å². The first kappa shape index (κ1) is 31.2. The number of aromatic nitrogens is 1. The van der Waals surface area contributed by atoms with Gasteiger partial charge >= 0.3 is 0 Å². The van der Waals surface area contributed by atoms with Crippen molar-refractivity contribution in [3.8, 4) is 27.9 Å². The van der Waals surface area contributed by atoms with Crippen LogP contribution in [-0.4, -0.2) is 4.57 Å². The molecule has 258 valence electrons. The Morgan fingerprint density at radius 2 is 1.00 bits per heavy atom. The van der Waals surface area contributed by atoms with Crippen LogP contribution in [0.1, 0.15) is 0 Å². The van der Waals surface area contributed by atoms with Gasteiger partial charge in [0.05, 0.1) is 22.4 Å². The van der Waals surface area contributed by atoms with Crippen LogP contribution in [0, 0.1) is 0 Å². The van der Waals surface area contributed by atoms with Crippen LogP contribution in [0.5, 0.6) is 0 Å². The van der Waals surface area contributed by atoms with Gasteiger partial charge in [-0.3, -0.25) is 0 Å². The number of rotatable bonds is 6. The average Bonchev–Trinajstić information content (AvgIpc) is 3.80. The Morgan fingerprint density at radius 3 is 1.84 bits per heavy atom. The smallest absolute Gasteiger partial charge is 0.143 e. The lowest BCUT2D eigenvalue weighted by Crippen LogP contribution is -2.12. The number of hydrogen-bond donors (Lipinski definition) is 0. The third-order valence-electron chi connectivity index (χ3n) is 11.0. The molecule has 11 aromatic rings. The summed E-state index contributed by atoms with van der Waals surface area (Å²) in [6, 6.07) is 73.9. The molecule has 9 aromatic carbocycles. The number of para-hydroxylation sites is 5. The molecule has 0 amide bonds. The Balaban J connectivity index is 1.14. The third kappa shape index (κ3) is 5.05. The lowest BCUT2D eigenvalue weighted by atomic mass is 9.99. The topological polar surface area (TPSA) is 21.3 Å². The van der Waals surface area contributed by atoms with E-state index in [9.17, 15) is 0 Å². The fourth-order valence-electron chi connectivity index (χ4n) is 8.47. The van der Waals surface area contributed by atoms with E-state index in [2.05, 4.69) is 216 Å². The van der Waals surface area contributed by atoms with E-state index >= 15 is 0 Å². The van der Waals surface area contributed by atoms with Crippen LogP contribution in [0.3, 0.4) is 0 Å². The number of fused-ring (bicyclic) bond motifs is 7. The van der Waals surface area contributed by atoms with Crippen LogP contribution in [0.4, 0.5) is 17.1 Å². The molecule has 55 heavy (non-hydrogen) atoms. The Labute approximate surface area is 318 Å². The summed E-state index contributed by atoms with van der Waals surface area (Å²) < 4.78 is 9.06. The second-order valence-electron chi connectivity index (χ2n) is 14.1. The predicted octanol–water partition coefficient (Wildman–Crippen LogP) is 14.6.